The fraction of sp³-hybridized carbons (Fsp3) is 0.143. The summed E-state index contributed by atoms with van der Waals surface area (Å²) in [7, 11) is 1.27. The largest absolute Gasteiger partial charge is 0.481 e. The van der Waals surface area contributed by atoms with E-state index in [4.69, 9.17) is 9.47 Å². The van der Waals surface area contributed by atoms with Gasteiger partial charge in [-0.3, -0.25) is 14.8 Å². The van der Waals surface area contributed by atoms with E-state index in [-0.39, 0.29) is 18.1 Å². The summed E-state index contributed by atoms with van der Waals surface area (Å²) in [6.07, 6.45) is 4.69. The van der Waals surface area contributed by atoms with E-state index in [9.17, 15) is 9.59 Å². The summed E-state index contributed by atoms with van der Waals surface area (Å²) in [6.45, 7) is -0.120. The van der Waals surface area contributed by atoms with Crippen LogP contribution >= 0.6 is 0 Å². The van der Waals surface area contributed by atoms with Crippen molar-refractivity contribution in [3.8, 4) is 17.0 Å². The zero-order valence-corrected chi connectivity index (χ0v) is 11.1. The second kappa shape index (κ2) is 5.20. The van der Waals surface area contributed by atoms with Gasteiger partial charge in [-0.05, 0) is 12.1 Å². The zero-order valence-electron chi connectivity index (χ0n) is 11.1. The lowest BCUT2D eigenvalue weighted by molar-refractivity contribution is -0.118. The van der Waals surface area contributed by atoms with Crippen LogP contribution in [0.4, 0.5) is 5.69 Å². The lowest BCUT2D eigenvalue weighted by Crippen LogP contribution is -2.27. The molecule has 3 rings (SSSR count). The number of anilines is 1. The molecule has 0 saturated heterocycles. The fourth-order valence-electron chi connectivity index (χ4n) is 2.09. The Balaban J connectivity index is 2.19. The third-order valence-corrected chi connectivity index (χ3v) is 3.01. The molecule has 0 radical (unpaired) electrons. The Morgan fingerprint density at radius 1 is 1.38 bits per heavy atom. The van der Waals surface area contributed by atoms with Crippen molar-refractivity contribution >= 4 is 17.6 Å². The molecule has 0 saturated carbocycles. The number of nitrogens with one attached hydrogen (secondary N) is 1. The molecule has 7 heteroatoms. The molecule has 1 aliphatic rings. The van der Waals surface area contributed by atoms with Crippen molar-refractivity contribution in [2.45, 2.75) is 0 Å². The summed E-state index contributed by atoms with van der Waals surface area (Å²) >= 11 is 0. The molecule has 0 spiro atoms. The number of carbonyl (C=O) groups is 2. The number of hydrogen-bond donors (Lipinski definition) is 1. The molecule has 0 fully saturated rings. The van der Waals surface area contributed by atoms with Crippen LogP contribution in [0.25, 0.3) is 11.3 Å². The molecule has 0 aliphatic carbocycles. The third-order valence-electron chi connectivity index (χ3n) is 3.01. The Kier molecular flexibility index (Phi) is 3.23. The van der Waals surface area contributed by atoms with Crippen molar-refractivity contribution in [1.29, 1.82) is 0 Å². The quantitative estimate of drug-likeness (QED) is 0.835. The van der Waals surface area contributed by atoms with E-state index < -0.39 is 5.97 Å². The van der Waals surface area contributed by atoms with E-state index in [0.29, 0.717) is 22.7 Å². The molecular weight excluding hydrogens is 274 g/mol. The van der Waals surface area contributed by atoms with Crippen LogP contribution in [-0.4, -0.2) is 35.6 Å². The van der Waals surface area contributed by atoms with Crippen molar-refractivity contribution in [2.24, 2.45) is 0 Å². The lowest BCUT2D eigenvalue weighted by Gasteiger charge is -2.22. The van der Waals surface area contributed by atoms with Gasteiger partial charge < -0.3 is 14.8 Å². The Morgan fingerprint density at radius 2 is 2.24 bits per heavy atom. The van der Waals surface area contributed by atoms with Crippen LogP contribution in [0.2, 0.25) is 0 Å². The van der Waals surface area contributed by atoms with Crippen molar-refractivity contribution in [1.82, 2.24) is 9.97 Å². The zero-order chi connectivity index (χ0) is 14.8. The highest BCUT2D eigenvalue weighted by molar-refractivity contribution is 6.06. The highest BCUT2D eigenvalue weighted by Crippen LogP contribution is 2.40. The van der Waals surface area contributed by atoms with Crippen molar-refractivity contribution in [2.75, 3.05) is 19.0 Å². The van der Waals surface area contributed by atoms with Gasteiger partial charge in [-0.15, -0.1) is 0 Å². The van der Waals surface area contributed by atoms with Crippen LogP contribution < -0.4 is 10.1 Å². The van der Waals surface area contributed by atoms with E-state index in [0.717, 1.165) is 0 Å². The number of rotatable bonds is 2. The SMILES string of the molecule is COC(=O)c1ccc(-c2cnccn2)c2c1NC(=O)CO2. The average molecular weight is 285 g/mol. The van der Waals surface area contributed by atoms with Gasteiger partial charge in [0, 0.05) is 18.0 Å². The van der Waals surface area contributed by atoms with Crippen LogP contribution in [0.5, 0.6) is 5.75 Å². The number of nitrogens with zero attached hydrogens (tertiary/aromatic N) is 2. The smallest absolute Gasteiger partial charge is 0.340 e. The first-order chi connectivity index (χ1) is 10.2. The maximum absolute atomic E-state index is 11.8. The van der Waals surface area contributed by atoms with E-state index in [1.807, 2.05) is 0 Å². The second-order valence-corrected chi connectivity index (χ2v) is 4.28. The molecule has 2 aromatic rings. The molecule has 21 heavy (non-hydrogen) atoms. The van der Waals surface area contributed by atoms with Gasteiger partial charge in [-0.2, -0.15) is 0 Å². The van der Waals surface area contributed by atoms with E-state index in [2.05, 4.69) is 15.3 Å². The summed E-state index contributed by atoms with van der Waals surface area (Å²) in [5.41, 5.74) is 1.75. The van der Waals surface area contributed by atoms with Gasteiger partial charge in [0.05, 0.1) is 30.3 Å². The summed E-state index contributed by atoms with van der Waals surface area (Å²) in [4.78, 5) is 31.5. The minimum absolute atomic E-state index is 0.120. The van der Waals surface area contributed by atoms with Crippen molar-refractivity contribution in [3.63, 3.8) is 0 Å². The molecule has 1 aromatic heterocycles. The minimum atomic E-state index is -0.553. The average Bonchev–Trinajstić information content (AvgIpc) is 2.53. The standard InChI is InChI=1S/C14H11N3O4/c1-20-14(19)9-3-2-8(10-6-15-4-5-16-10)13-12(9)17-11(18)7-21-13/h2-6H,7H2,1H3,(H,17,18). The molecular formula is C14H11N3O4. The van der Waals surface area contributed by atoms with Crippen LogP contribution in [-0.2, 0) is 9.53 Å². The molecule has 0 unspecified atom stereocenters. The number of hydrogen-bond acceptors (Lipinski definition) is 6. The highest BCUT2D eigenvalue weighted by atomic mass is 16.5. The minimum Gasteiger partial charge on any atom is -0.481 e. The number of carbonyl (C=O) groups excluding carboxylic acids is 2. The maximum Gasteiger partial charge on any atom is 0.340 e. The summed E-state index contributed by atoms with van der Waals surface area (Å²) in [5.74, 6) is -0.496. The van der Waals surface area contributed by atoms with Gasteiger partial charge in [0.15, 0.2) is 12.4 Å². The number of ether oxygens (including phenoxy) is 2. The third kappa shape index (κ3) is 2.29. The Bertz CT molecular complexity index is 716. The Hall–Kier alpha value is -2.96. The molecule has 1 amide bonds. The normalized spacial score (nSPS) is 12.9. The fourth-order valence-corrected chi connectivity index (χ4v) is 2.09. The molecule has 0 atom stereocenters. The van der Waals surface area contributed by atoms with Crippen molar-refractivity contribution < 1.29 is 19.1 Å². The number of methoxy groups -OCH3 is 1. The van der Waals surface area contributed by atoms with Gasteiger partial charge >= 0.3 is 5.97 Å². The van der Waals surface area contributed by atoms with E-state index >= 15 is 0 Å². The van der Waals surface area contributed by atoms with Gasteiger partial charge in [0.2, 0.25) is 0 Å². The number of benzene rings is 1. The van der Waals surface area contributed by atoms with E-state index in [1.54, 1.807) is 30.7 Å². The summed E-state index contributed by atoms with van der Waals surface area (Å²) in [5, 5.41) is 2.64. The number of fused-ring (bicyclic) bond motifs is 1. The number of amides is 1. The van der Waals surface area contributed by atoms with Gasteiger partial charge in [-0.1, -0.05) is 0 Å². The van der Waals surface area contributed by atoms with Gasteiger partial charge in [0.1, 0.15) is 0 Å². The second-order valence-electron chi connectivity index (χ2n) is 4.28. The number of aromatic nitrogens is 2. The monoisotopic (exact) mass is 285 g/mol. The molecule has 2 heterocycles. The molecule has 0 bridgehead atoms. The Labute approximate surface area is 119 Å². The Morgan fingerprint density at radius 3 is 2.95 bits per heavy atom. The molecule has 1 aliphatic heterocycles. The van der Waals surface area contributed by atoms with E-state index in [1.165, 1.54) is 7.11 Å². The first-order valence-corrected chi connectivity index (χ1v) is 6.15. The number of esters is 1. The maximum atomic E-state index is 11.8. The molecule has 7 nitrogen and oxygen atoms in total. The molecule has 1 N–H and O–H groups in total. The van der Waals surface area contributed by atoms with Crippen LogP contribution in [0.15, 0.2) is 30.7 Å². The van der Waals surface area contributed by atoms with Crippen LogP contribution in [0.1, 0.15) is 10.4 Å². The summed E-state index contributed by atoms with van der Waals surface area (Å²) in [6, 6.07) is 3.25. The van der Waals surface area contributed by atoms with Crippen LogP contribution in [0.3, 0.4) is 0 Å². The summed E-state index contributed by atoms with van der Waals surface area (Å²) < 4.78 is 10.2. The van der Waals surface area contributed by atoms with Gasteiger partial charge in [-0.25, -0.2) is 4.79 Å². The van der Waals surface area contributed by atoms with Crippen LogP contribution in [0, 0.1) is 0 Å². The molecule has 106 valence electrons. The first kappa shape index (κ1) is 13.0. The van der Waals surface area contributed by atoms with Gasteiger partial charge in [0.25, 0.3) is 5.91 Å². The highest BCUT2D eigenvalue weighted by Gasteiger charge is 2.26. The van der Waals surface area contributed by atoms with Crippen molar-refractivity contribution in [3.05, 3.63) is 36.3 Å². The predicted molar refractivity (Wildman–Crippen MR) is 72.9 cm³/mol. The lowest BCUT2D eigenvalue weighted by atomic mass is 10.0. The predicted octanol–water partition coefficient (Wildman–Crippen LogP) is 1.26. The first-order valence-electron chi connectivity index (χ1n) is 6.15. The molecule has 1 aromatic carbocycles. The topological polar surface area (TPSA) is 90.4 Å².